The van der Waals surface area contributed by atoms with Crippen LogP contribution in [0.5, 0.6) is 0 Å². The molecule has 0 spiro atoms. The number of aromatic nitrogens is 1. The van der Waals surface area contributed by atoms with Crippen molar-refractivity contribution in [3.8, 4) is 11.3 Å². The predicted octanol–water partition coefficient (Wildman–Crippen LogP) is 5.72. The summed E-state index contributed by atoms with van der Waals surface area (Å²) in [6, 6.07) is 15.7. The van der Waals surface area contributed by atoms with Gasteiger partial charge >= 0.3 is 6.18 Å². The van der Waals surface area contributed by atoms with Gasteiger partial charge in [0, 0.05) is 18.2 Å². The average molecular weight is 493 g/mol. The smallest absolute Gasteiger partial charge is 0.417 e. The molecule has 6 nitrogen and oxygen atoms in total. The average Bonchev–Trinajstić information content (AvgIpc) is 3.37. The molecule has 2 aromatic carbocycles. The van der Waals surface area contributed by atoms with E-state index in [0.29, 0.717) is 6.54 Å². The van der Waals surface area contributed by atoms with Crippen LogP contribution >= 0.6 is 0 Å². The van der Waals surface area contributed by atoms with Crippen LogP contribution in [0.3, 0.4) is 0 Å². The van der Waals surface area contributed by atoms with Gasteiger partial charge in [0.05, 0.1) is 22.3 Å². The summed E-state index contributed by atoms with van der Waals surface area (Å²) in [5.74, 6) is -0.762. The van der Waals surface area contributed by atoms with Crippen molar-refractivity contribution in [1.82, 2.24) is 9.88 Å². The number of amides is 1. The zero-order chi connectivity index (χ0) is 25.3. The summed E-state index contributed by atoms with van der Waals surface area (Å²) in [5.41, 5.74) is -0.615. The van der Waals surface area contributed by atoms with E-state index in [-0.39, 0.29) is 33.7 Å². The zero-order valence-electron chi connectivity index (χ0n) is 19.1. The fourth-order valence-corrected chi connectivity index (χ4v) is 4.40. The molecule has 4 aromatic rings. The Labute approximate surface area is 204 Å². The number of alkyl halides is 3. The highest BCUT2D eigenvalue weighted by Crippen LogP contribution is 2.37. The second kappa shape index (κ2) is 9.58. The number of nitrogens with zero attached hydrogens (tertiary/aromatic N) is 2. The van der Waals surface area contributed by atoms with E-state index < -0.39 is 23.1 Å². The number of benzene rings is 2. The fraction of sp³-hybridized carbons (Fsp3) is 0.222. The van der Waals surface area contributed by atoms with Gasteiger partial charge in [-0.2, -0.15) is 13.2 Å². The van der Waals surface area contributed by atoms with E-state index in [9.17, 15) is 22.8 Å². The molecule has 0 atom stereocenters. The van der Waals surface area contributed by atoms with Gasteiger partial charge in [0.2, 0.25) is 0 Å². The molecule has 0 radical (unpaired) electrons. The number of rotatable bonds is 5. The quantitative estimate of drug-likeness (QED) is 0.385. The number of para-hydroxylation sites is 1. The third-order valence-corrected chi connectivity index (χ3v) is 6.12. The first-order valence-electron chi connectivity index (χ1n) is 11.5. The Morgan fingerprint density at radius 3 is 2.53 bits per heavy atom. The number of nitrogens with one attached hydrogen (secondary N) is 1. The van der Waals surface area contributed by atoms with E-state index in [4.69, 9.17) is 4.42 Å². The normalized spacial score (nSPS) is 14.3. The van der Waals surface area contributed by atoms with Gasteiger partial charge in [-0.15, -0.1) is 0 Å². The number of fused-ring (bicyclic) bond motifs is 1. The van der Waals surface area contributed by atoms with Crippen molar-refractivity contribution < 1.29 is 22.4 Å². The molecule has 3 heterocycles. The Bertz CT molecular complexity index is 1490. The van der Waals surface area contributed by atoms with Gasteiger partial charge in [-0.25, -0.2) is 4.98 Å². The van der Waals surface area contributed by atoms with E-state index in [0.717, 1.165) is 43.8 Å². The van der Waals surface area contributed by atoms with Gasteiger partial charge in [0.1, 0.15) is 11.5 Å². The monoisotopic (exact) mass is 493 g/mol. The van der Waals surface area contributed by atoms with Crippen LogP contribution in [-0.2, 0) is 12.7 Å². The van der Waals surface area contributed by atoms with Gasteiger partial charge in [0.25, 0.3) is 5.91 Å². The summed E-state index contributed by atoms with van der Waals surface area (Å²) in [6.45, 7) is 2.63. The van der Waals surface area contributed by atoms with Crippen LogP contribution in [0.1, 0.15) is 34.6 Å². The van der Waals surface area contributed by atoms with Crippen molar-refractivity contribution in [1.29, 1.82) is 0 Å². The Balaban J connectivity index is 1.50. The van der Waals surface area contributed by atoms with Gasteiger partial charge in [0.15, 0.2) is 11.0 Å². The minimum absolute atomic E-state index is 0.0152. The molecule has 184 valence electrons. The second-order valence-corrected chi connectivity index (χ2v) is 8.65. The third kappa shape index (κ3) is 4.87. The van der Waals surface area contributed by atoms with Crippen molar-refractivity contribution in [3.05, 3.63) is 93.9 Å². The summed E-state index contributed by atoms with van der Waals surface area (Å²) in [4.78, 5) is 32.5. The Kier molecular flexibility index (Phi) is 6.32. The van der Waals surface area contributed by atoms with Gasteiger partial charge in [-0.3, -0.25) is 14.5 Å². The third-order valence-electron chi connectivity index (χ3n) is 6.12. The van der Waals surface area contributed by atoms with Crippen LogP contribution in [0.15, 0.2) is 75.9 Å². The van der Waals surface area contributed by atoms with E-state index in [1.165, 1.54) is 30.3 Å². The topological polar surface area (TPSA) is 75.4 Å². The number of halogens is 3. The Hall–Kier alpha value is -3.98. The van der Waals surface area contributed by atoms with Crippen molar-refractivity contribution in [2.24, 2.45) is 0 Å². The zero-order valence-corrected chi connectivity index (χ0v) is 19.1. The first-order chi connectivity index (χ1) is 17.3. The number of pyridine rings is 1. The number of carbonyl (C=O) groups excluding carboxylic acids is 1. The molecule has 2 aromatic heterocycles. The Morgan fingerprint density at radius 1 is 1.00 bits per heavy atom. The van der Waals surface area contributed by atoms with Gasteiger partial charge in [-0.05, 0) is 56.3 Å². The van der Waals surface area contributed by atoms with Crippen molar-refractivity contribution in [2.75, 3.05) is 18.4 Å². The van der Waals surface area contributed by atoms with Crippen LogP contribution in [0, 0.1) is 0 Å². The molecule has 0 aliphatic carbocycles. The minimum Gasteiger partial charge on any atom is -0.454 e. The van der Waals surface area contributed by atoms with Crippen LogP contribution in [0.4, 0.5) is 18.9 Å². The molecule has 1 saturated heterocycles. The van der Waals surface area contributed by atoms with Crippen molar-refractivity contribution >= 4 is 22.6 Å². The predicted molar refractivity (Wildman–Crippen MR) is 130 cm³/mol. The highest BCUT2D eigenvalue weighted by Gasteiger charge is 2.34. The number of likely N-dealkylation sites (tertiary alicyclic amines) is 1. The van der Waals surface area contributed by atoms with E-state index >= 15 is 0 Å². The lowest BCUT2D eigenvalue weighted by molar-refractivity contribution is -0.137. The molecule has 1 fully saturated rings. The maximum Gasteiger partial charge on any atom is 0.417 e. The number of anilines is 1. The van der Waals surface area contributed by atoms with E-state index in [2.05, 4.69) is 15.2 Å². The van der Waals surface area contributed by atoms with Crippen LogP contribution in [-0.4, -0.2) is 28.9 Å². The Morgan fingerprint density at radius 2 is 1.75 bits per heavy atom. The highest BCUT2D eigenvalue weighted by molar-refractivity contribution is 6.07. The second-order valence-electron chi connectivity index (χ2n) is 8.65. The summed E-state index contributed by atoms with van der Waals surface area (Å²) in [5, 5.41) is 2.84. The summed E-state index contributed by atoms with van der Waals surface area (Å²) >= 11 is 0. The molecular weight excluding hydrogens is 471 g/mol. The van der Waals surface area contributed by atoms with Gasteiger partial charge < -0.3 is 9.73 Å². The van der Waals surface area contributed by atoms with Crippen molar-refractivity contribution in [3.63, 3.8) is 0 Å². The minimum atomic E-state index is -4.64. The lowest BCUT2D eigenvalue weighted by atomic mass is 10.0. The molecule has 1 aliphatic heterocycles. The lowest BCUT2D eigenvalue weighted by Gasteiger charge is -2.15. The molecule has 36 heavy (non-hydrogen) atoms. The standard InChI is InChI=1S/C27H22F3N3O3/c28-27(29,30)20-10-2-1-8-18(20)24-15-23(34)19-9-6-11-21(25(19)36-24)32-26(35)22-12-5-7-17(31-22)16-33-13-3-4-14-33/h1-2,5-12,15H,3-4,13-14,16H2,(H,32,35). The number of carbonyl (C=O) groups is 1. The molecule has 1 amide bonds. The van der Waals surface area contributed by atoms with Crippen LogP contribution in [0.25, 0.3) is 22.3 Å². The van der Waals surface area contributed by atoms with Crippen LogP contribution < -0.4 is 10.7 Å². The maximum absolute atomic E-state index is 13.6. The summed E-state index contributed by atoms with van der Waals surface area (Å²) in [7, 11) is 0. The first-order valence-corrected chi connectivity index (χ1v) is 11.5. The summed E-state index contributed by atoms with van der Waals surface area (Å²) in [6.07, 6.45) is -2.35. The molecule has 0 saturated carbocycles. The SMILES string of the molecule is O=C(Nc1cccc2c(=O)cc(-c3ccccc3C(F)(F)F)oc12)c1cccc(CN2CCCC2)n1. The van der Waals surface area contributed by atoms with E-state index in [1.54, 1.807) is 18.2 Å². The largest absolute Gasteiger partial charge is 0.454 e. The molecule has 1 N–H and O–H groups in total. The fourth-order valence-electron chi connectivity index (χ4n) is 4.40. The first kappa shape index (κ1) is 23.7. The number of hydrogen-bond donors (Lipinski definition) is 1. The van der Waals surface area contributed by atoms with Gasteiger partial charge in [-0.1, -0.05) is 30.3 Å². The highest BCUT2D eigenvalue weighted by atomic mass is 19.4. The molecule has 0 bridgehead atoms. The lowest BCUT2D eigenvalue weighted by Crippen LogP contribution is -2.20. The maximum atomic E-state index is 13.6. The molecule has 5 rings (SSSR count). The van der Waals surface area contributed by atoms with E-state index in [1.807, 2.05) is 6.07 Å². The molecule has 9 heteroatoms. The number of hydrogen-bond acceptors (Lipinski definition) is 5. The van der Waals surface area contributed by atoms with Crippen LogP contribution in [0.2, 0.25) is 0 Å². The van der Waals surface area contributed by atoms with Crippen molar-refractivity contribution in [2.45, 2.75) is 25.6 Å². The molecular formula is C27H22F3N3O3. The molecule has 1 aliphatic rings. The summed E-state index contributed by atoms with van der Waals surface area (Å²) < 4.78 is 46.5. The molecule has 0 unspecified atom stereocenters.